The summed E-state index contributed by atoms with van der Waals surface area (Å²) in [4.78, 5) is 18.1. The number of aryl methyl sites for hydroxylation is 1. The number of hydrogen-bond acceptors (Lipinski definition) is 6. The van der Waals surface area contributed by atoms with Crippen molar-refractivity contribution in [1.29, 1.82) is 0 Å². The lowest BCUT2D eigenvalue weighted by molar-refractivity contribution is 0.109. The van der Waals surface area contributed by atoms with Gasteiger partial charge in [0.15, 0.2) is 11.5 Å². The van der Waals surface area contributed by atoms with Crippen LogP contribution in [0.3, 0.4) is 0 Å². The van der Waals surface area contributed by atoms with Crippen LogP contribution in [0.4, 0.5) is 0 Å². The summed E-state index contributed by atoms with van der Waals surface area (Å²) in [5, 5.41) is 2.54. The molecular weight excluding hydrogens is 362 g/mol. The maximum absolute atomic E-state index is 11.7. The van der Waals surface area contributed by atoms with Crippen LogP contribution in [-0.4, -0.2) is 24.3 Å². The maximum Gasteiger partial charge on any atom is 0.227 e. The first kappa shape index (κ1) is 17.0. The fourth-order valence-electron chi connectivity index (χ4n) is 2.36. The molecule has 0 amide bonds. The second-order valence-electron chi connectivity index (χ2n) is 5.01. The average Bonchev–Trinajstić information content (AvgIpc) is 3.20. The summed E-state index contributed by atoms with van der Waals surface area (Å²) < 4.78 is 10.6. The van der Waals surface area contributed by atoms with Crippen molar-refractivity contribution in [3.63, 3.8) is 0 Å². The molecule has 3 aromatic rings. The zero-order valence-corrected chi connectivity index (χ0v) is 15.8. The van der Waals surface area contributed by atoms with E-state index in [1.807, 2.05) is 36.6 Å². The molecule has 0 fully saturated rings. The first-order chi connectivity index (χ1) is 11.5. The predicted molar refractivity (Wildman–Crippen MR) is 102 cm³/mol. The summed E-state index contributed by atoms with van der Waals surface area (Å²) in [7, 11) is 3.21. The van der Waals surface area contributed by atoms with Crippen molar-refractivity contribution in [2.45, 2.75) is 6.92 Å². The van der Waals surface area contributed by atoms with Gasteiger partial charge in [-0.15, -0.1) is 22.7 Å². The van der Waals surface area contributed by atoms with Crippen LogP contribution in [0.15, 0.2) is 29.6 Å². The van der Waals surface area contributed by atoms with Gasteiger partial charge in [0.05, 0.1) is 24.8 Å². The fraction of sp³-hybridized carbons (Fsp3) is 0.176. The number of thiazole rings is 1. The normalized spacial score (nSPS) is 10.7. The predicted octanol–water partition coefficient (Wildman–Crippen LogP) is 4.93. The number of rotatable bonds is 5. The van der Waals surface area contributed by atoms with Crippen LogP contribution < -0.4 is 9.47 Å². The summed E-state index contributed by atoms with van der Waals surface area (Å²) in [6, 6.07) is 7.65. The molecule has 4 nitrogen and oxygen atoms in total. The molecule has 0 aliphatic rings. The van der Waals surface area contributed by atoms with Gasteiger partial charge in [-0.2, -0.15) is 0 Å². The minimum absolute atomic E-state index is 0.231. The molecule has 0 saturated carbocycles. The summed E-state index contributed by atoms with van der Waals surface area (Å²) >= 11 is 6.90. The van der Waals surface area contributed by atoms with Gasteiger partial charge >= 0.3 is 0 Å². The molecule has 0 bridgehead atoms. The third kappa shape index (κ3) is 3.19. The quantitative estimate of drug-likeness (QED) is 0.640. The molecule has 7 heteroatoms. The second-order valence-corrected chi connectivity index (χ2v) is 7.53. The molecule has 0 N–H and O–H groups in total. The Morgan fingerprint density at radius 3 is 2.58 bits per heavy atom. The van der Waals surface area contributed by atoms with Gasteiger partial charge in [-0.1, -0.05) is 12.6 Å². The van der Waals surface area contributed by atoms with Gasteiger partial charge in [-0.25, -0.2) is 4.98 Å². The SMILES string of the molecule is COc1ccc(-c2csc(-c3cc(C)sc3C(=O)S)n2)cc1OC. The van der Waals surface area contributed by atoms with Crippen molar-refractivity contribution in [1.82, 2.24) is 4.98 Å². The van der Waals surface area contributed by atoms with Crippen LogP contribution >= 0.6 is 35.3 Å². The number of methoxy groups -OCH3 is 2. The molecule has 2 aromatic heterocycles. The van der Waals surface area contributed by atoms with E-state index in [4.69, 9.17) is 9.47 Å². The highest BCUT2D eigenvalue weighted by molar-refractivity contribution is 7.97. The maximum atomic E-state index is 11.7. The summed E-state index contributed by atoms with van der Waals surface area (Å²) in [5.74, 6) is 1.33. The first-order valence-electron chi connectivity index (χ1n) is 7.05. The molecule has 0 spiro atoms. The van der Waals surface area contributed by atoms with Gasteiger partial charge in [0, 0.05) is 21.4 Å². The van der Waals surface area contributed by atoms with Crippen molar-refractivity contribution < 1.29 is 14.3 Å². The molecule has 0 aliphatic heterocycles. The lowest BCUT2D eigenvalue weighted by atomic mass is 10.1. The van der Waals surface area contributed by atoms with Crippen molar-refractivity contribution in [3.8, 4) is 33.3 Å². The Morgan fingerprint density at radius 2 is 1.92 bits per heavy atom. The monoisotopic (exact) mass is 377 g/mol. The number of ether oxygens (including phenoxy) is 2. The number of thiophene rings is 1. The van der Waals surface area contributed by atoms with E-state index in [1.165, 1.54) is 22.7 Å². The summed E-state index contributed by atoms with van der Waals surface area (Å²) in [6.07, 6.45) is 0. The van der Waals surface area contributed by atoms with Crippen molar-refractivity contribution >= 4 is 40.4 Å². The molecule has 3 rings (SSSR count). The molecular formula is C17H15NO3S3. The highest BCUT2D eigenvalue weighted by Crippen LogP contribution is 2.37. The minimum atomic E-state index is -0.231. The van der Waals surface area contributed by atoms with Crippen LogP contribution in [0, 0.1) is 6.92 Å². The number of hydrogen-bond donors (Lipinski definition) is 1. The molecule has 1 aromatic carbocycles. The van der Waals surface area contributed by atoms with E-state index < -0.39 is 0 Å². The van der Waals surface area contributed by atoms with Crippen LogP contribution in [0.5, 0.6) is 11.5 Å². The van der Waals surface area contributed by atoms with Gasteiger partial charge in [0.1, 0.15) is 5.01 Å². The zero-order chi connectivity index (χ0) is 17.3. The molecule has 0 aliphatic carbocycles. The third-order valence-corrected chi connectivity index (χ3v) is 5.76. The van der Waals surface area contributed by atoms with Gasteiger partial charge < -0.3 is 9.47 Å². The highest BCUT2D eigenvalue weighted by atomic mass is 32.1. The van der Waals surface area contributed by atoms with Gasteiger partial charge in [0.25, 0.3) is 0 Å². The van der Waals surface area contributed by atoms with Crippen LogP contribution in [0.25, 0.3) is 21.8 Å². The van der Waals surface area contributed by atoms with Crippen molar-refractivity contribution in [2.75, 3.05) is 14.2 Å². The molecule has 124 valence electrons. The first-order valence-corrected chi connectivity index (χ1v) is 9.20. The van der Waals surface area contributed by atoms with E-state index >= 15 is 0 Å². The van der Waals surface area contributed by atoms with Gasteiger partial charge in [-0.05, 0) is 31.2 Å². The fourth-order valence-corrected chi connectivity index (χ4v) is 4.38. The number of nitrogens with zero attached hydrogens (tertiary/aromatic N) is 1. The number of carbonyl (C=O) groups is 1. The van der Waals surface area contributed by atoms with E-state index in [0.29, 0.717) is 16.4 Å². The minimum Gasteiger partial charge on any atom is -0.493 e. The number of thiol groups is 1. The summed E-state index contributed by atoms with van der Waals surface area (Å²) in [6.45, 7) is 1.97. The molecule has 24 heavy (non-hydrogen) atoms. The van der Waals surface area contributed by atoms with Crippen molar-refractivity contribution in [2.24, 2.45) is 0 Å². The number of aromatic nitrogens is 1. The van der Waals surface area contributed by atoms with E-state index in [0.717, 1.165) is 26.7 Å². The Balaban J connectivity index is 2.01. The lowest BCUT2D eigenvalue weighted by Gasteiger charge is -2.08. The Kier molecular flexibility index (Phi) is 4.93. The molecule has 0 unspecified atom stereocenters. The second kappa shape index (κ2) is 6.96. The van der Waals surface area contributed by atoms with E-state index in [1.54, 1.807) is 14.2 Å². The molecule has 0 atom stereocenters. The Labute approximate surface area is 153 Å². The Morgan fingerprint density at radius 1 is 1.17 bits per heavy atom. The largest absolute Gasteiger partial charge is 0.493 e. The average molecular weight is 378 g/mol. The van der Waals surface area contributed by atoms with Crippen molar-refractivity contribution in [3.05, 3.63) is 39.4 Å². The molecule has 2 heterocycles. The Hall–Kier alpha value is -1.83. The van der Waals surface area contributed by atoms with Crippen LogP contribution in [0.1, 0.15) is 14.5 Å². The van der Waals surface area contributed by atoms with E-state index in [2.05, 4.69) is 17.6 Å². The van der Waals surface area contributed by atoms with E-state index in [9.17, 15) is 4.79 Å². The van der Waals surface area contributed by atoms with Crippen LogP contribution in [0.2, 0.25) is 0 Å². The molecule has 0 radical (unpaired) electrons. The molecule has 0 saturated heterocycles. The van der Waals surface area contributed by atoms with Gasteiger partial charge in [0.2, 0.25) is 5.12 Å². The zero-order valence-electron chi connectivity index (χ0n) is 13.3. The third-order valence-electron chi connectivity index (χ3n) is 3.46. The van der Waals surface area contributed by atoms with Gasteiger partial charge in [-0.3, -0.25) is 4.79 Å². The Bertz CT molecular complexity index is 898. The standard InChI is InChI=1S/C17H15NO3S3/c1-9-6-11(15(24-9)17(19)22)16-18-12(8-23-16)10-4-5-13(20-2)14(7-10)21-3/h4-8H,1-3H3,(H,19,22). The van der Waals surface area contributed by atoms with E-state index in [-0.39, 0.29) is 5.12 Å². The van der Waals surface area contributed by atoms with Crippen LogP contribution in [-0.2, 0) is 0 Å². The topological polar surface area (TPSA) is 48.4 Å². The lowest BCUT2D eigenvalue weighted by Crippen LogP contribution is -1.91. The highest BCUT2D eigenvalue weighted by Gasteiger charge is 2.17. The number of carbonyl (C=O) groups excluding carboxylic acids is 1. The smallest absolute Gasteiger partial charge is 0.227 e. The number of benzene rings is 1. The summed E-state index contributed by atoms with van der Waals surface area (Å²) in [5.41, 5.74) is 2.60.